The second-order valence-electron chi connectivity index (χ2n) is 15.9. The summed E-state index contributed by atoms with van der Waals surface area (Å²) in [5, 5.41) is 12.0. The van der Waals surface area contributed by atoms with Crippen molar-refractivity contribution in [3.8, 4) is 0 Å². The normalized spacial score (nSPS) is 17.3. The number of hydrogen-bond donors (Lipinski definition) is 5. The SMILES string of the molecule is C=Cc1c(C)c2cc3nc(cc4[nH]c(cc5nc(cc1[nH]2)C(C)=C5CCC(=O)NCCCCC(N)C(=O)O)c(CCC(=O)OC)c4C)[C@@]1(C)C3=CC=C(C(=O)OC)[C@H]1C(=O)OC. The van der Waals surface area contributed by atoms with Gasteiger partial charge in [0.15, 0.2) is 0 Å². The van der Waals surface area contributed by atoms with Crippen LogP contribution in [-0.4, -0.2) is 88.7 Å². The molecular weight excluding hydrogens is 793 g/mol. The van der Waals surface area contributed by atoms with Gasteiger partial charge < -0.3 is 40.3 Å². The topological polar surface area (TPSA) is 229 Å². The molecule has 15 heteroatoms. The zero-order valence-corrected chi connectivity index (χ0v) is 36.2. The van der Waals surface area contributed by atoms with Gasteiger partial charge in [-0.2, -0.15) is 0 Å². The van der Waals surface area contributed by atoms with Crippen LogP contribution in [-0.2, 0) is 50.0 Å². The number of amides is 1. The number of fused-ring (bicyclic) bond motifs is 11. The third-order valence-electron chi connectivity index (χ3n) is 12.3. The van der Waals surface area contributed by atoms with Crippen molar-refractivity contribution >= 4 is 74.6 Å². The lowest BCUT2D eigenvalue weighted by Crippen LogP contribution is -2.42. The first-order chi connectivity index (χ1) is 29.6. The number of methoxy groups -OCH3 is 3. The second kappa shape index (κ2) is 18.6. The molecule has 1 aliphatic carbocycles. The molecule has 1 unspecified atom stereocenters. The number of carbonyl (C=O) groups is 5. The van der Waals surface area contributed by atoms with Crippen LogP contribution in [0.5, 0.6) is 0 Å². The number of carbonyl (C=O) groups excluding carboxylic acids is 4. The van der Waals surface area contributed by atoms with Crippen molar-refractivity contribution < 1.29 is 43.3 Å². The molecule has 5 heterocycles. The molecule has 6 N–H and O–H groups in total. The van der Waals surface area contributed by atoms with Gasteiger partial charge in [0.25, 0.3) is 0 Å². The fourth-order valence-corrected chi connectivity index (χ4v) is 8.62. The lowest BCUT2D eigenvalue weighted by atomic mass is 9.64. The number of aryl methyl sites for hydroxylation is 3. The van der Waals surface area contributed by atoms with E-state index >= 15 is 0 Å². The fourth-order valence-electron chi connectivity index (χ4n) is 8.62. The molecule has 0 fully saturated rings. The quantitative estimate of drug-likeness (QED) is 0.0642. The van der Waals surface area contributed by atoms with Crippen LogP contribution in [0, 0.1) is 19.8 Å². The minimum atomic E-state index is -1.19. The van der Waals surface area contributed by atoms with Gasteiger partial charge in [-0.05, 0) is 117 Å². The van der Waals surface area contributed by atoms with Crippen LogP contribution in [0.3, 0.4) is 0 Å². The number of aromatic amines is 2. The van der Waals surface area contributed by atoms with E-state index in [1.807, 2.05) is 52.0 Å². The lowest BCUT2D eigenvalue weighted by Gasteiger charge is -2.36. The van der Waals surface area contributed by atoms with Gasteiger partial charge in [0.2, 0.25) is 5.91 Å². The van der Waals surface area contributed by atoms with Crippen molar-refractivity contribution in [1.82, 2.24) is 25.3 Å². The van der Waals surface area contributed by atoms with Crippen LogP contribution < -0.4 is 11.1 Å². The summed E-state index contributed by atoms with van der Waals surface area (Å²) < 4.78 is 15.5. The summed E-state index contributed by atoms with van der Waals surface area (Å²) in [6, 6.07) is 6.75. The maximum Gasteiger partial charge on any atom is 0.334 e. The molecule has 0 spiro atoms. The van der Waals surface area contributed by atoms with Crippen molar-refractivity contribution in [2.24, 2.45) is 11.7 Å². The molecule has 3 atom stereocenters. The van der Waals surface area contributed by atoms with Crippen LogP contribution in [0.2, 0.25) is 0 Å². The summed E-state index contributed by atoms with van der Waals surface area (Å²) in [5.41, 5.74) is 15.7. The highest BCUT2D eigenvalue weighted by Crippen LogP contribution is 2.52. The number of aliphatic carboxylic acids is 1. The monoisotopic (exact) mass is 846 g/mol. The van der Waals surface area contributed by atoms with Crippen LogP contribution in [0.1, 0.15) is 97.4 Å². The highest BCUT2D eigenvalue weighted by Gasteiger charge is 2.53. The van der Waals surface area contributed by atoms with E-state index < -0.39 is 35.3 Å². The smallest absolute Gasteiger partial charge is 0.334 e. The Morgan fingerprint density at radius 2 is 1.56 bits per heavy atom. The average Bonchev–Trinajstić information content (AvgIpc) is 3.91. The van der Waals surface area contributed by atoms with Crippen molar-refractivity contribution in [3.05, 3.63) is 93.6 Å². The van der Waals surface area contributed by atoms with E-state index in [2.05, 4.69) is 21.9 Å². The van der Waals surface area contributed by atoms with Crippen molar-refractivity contribution in [2.45, 2.75) is 84.1 Å². The maximum absolute atomic E-state index is 13.8. The number of carboxylic acid groups (broad SMARTS) is 1. The van der Waals surface area contributed by atoms with Gasteiger partial charge in [0.05, 0.1) is 55.1 Å². The number of hydrogen-bond acceptors (Lipinski definition) is 11. The summed E-state index contributed by atoms with van der Waals surface area (Å²) in [4.78, 5) is 81.2. The number of nitrogens with one attached hydrogen (secondary N) is 3. The first kappa shape index (κ1) is 44.9. The molecule has 0 saturated carbocycles. The molecule has 2 aliphatic heterocycles. The van der Waals surface area contributed by atoms with Crippen molar-refractivity contribution in [2.75, 3.05) is 27.9 Å². The third kappa shape index (κ3) is 8.62. The van der Waals surface area contributed by atoms with E-state index in [4.69, 9.17) is 35.0 Å². The van der Waals surface area contributed by atoms with Gasteiger partial charge in [-0.25, -0.2) is 9.78 Å². The lowest BCUT2D eigenvalue weighted by molar-refractivity contribution is -0.149. The third-order valence-corrected chi connectivity index (χ3v) is 12.3. The summed E-state index contributed by atoms with van der Waals surface area (Å²) in [7, 11) is 3.89. The second-order valence-corrected chi connectivity index (χ2v) is 15.9. The Bertz CT molecular complexity index is 2630. The number of esters is 3. The molecule has 0 aromatic carbocycles. The summed E-state index contributed by atoms with van der Waals surface area (Å²) in [5.74, 6) is -3.98. The Hall–Kier alpha value is -6.61. The molecule has 62 heavy (non-hydrogen) atoms. The molecule has 1 amide bonds. The average molecular weight is 847 g/mol. The van der Waals surface area contributed by atoms with E-state index in [1.54, 1.807) is 18.2 Å². The largest absolute Gasteiger partial charge is 0.480 e. The van der Waals surface area contributed by atoms with E-state index in [-0.39, 0.29) is 30.3 Å². The molecule has 8 bridgehead atoms. The first-order valence-electron chi connectivity index (χ1n) is 20.6. The van der Waals surface area contributed by atoms with Gasteiger partial charge in [0, 0.05) is 47.0 Å². The number of aromatic nitrogens is 4. The Kier molecular flexibility index (Phi) is 13.5. The number of H-pyrrole nitrogens is 2. The number of nitrogens with zero attached hydrogens (tertiary/aromatic N) is 2. The molecule has 15 nitrogen and oxygen atoms in total. The predicted octanol–water partition coefficient (Wildman–Crippen LogP) is 6.33. The summed E-state index contributed by atoms with van der Waals surface area (Å²) in [6.45, 7) is 12.3. The maximum atomic E-state index is 13.8. The van der Waals surface area contributed by atoms with E-state index in [0.717, 1.165) is 44.4 Å². The Morgan fingerprint density at radius 3 is 2.24 bits per heavy atom. The highest BCUT2D eigenvalue weighted by molar-refractivity contribution is 6.02. The van der Waals surface area contributed by atoms with E-state index in [0.29, 0.717) is 78.0 Å². The fraction of sp³-hybridized carbons (Fsp3) is 0.383. The van der Waals surface area contributed by atoms with Gasteiger partial charge >= 0.3 is 23.9 Å². The Morgan fingerprint density at radius 1 is 0.871 bits per heavy atom. The Labute approximate surface area is 359 Å². The summed E-state index contributed by atoms with van der Waals surface area (Å²) >= 11 is 0. The number of unbranched alkanes of at least 4 members (excludes halogenated alkanes) is 1. The number of rotatable bonds is 15. The van der Waals surface area contributed by atoms with Crippen LogP contribution in [0.15, 0.2) is 48.6 Å². The highest BCUT2D eigenvalue weighted by atomic mass is 16.5. The van der Waals surface area contributed by atoms with E-state index in [1.165, 1.54) is 21.3 Å². The van der Waals surface area contributed by atoms with Gasteiger partial charge in [-0.3, -0.25) is 24.2 Å². The van der Waals surface area contributed by atoms with Crippen LogP contribution in [0.4, 0.5) is 0 Å². The van der Waals surface area contributed by atoms with Crippen molar-refractivity contribution in [3.63, 3.8) is 0 Å². The molecule has 3 aromatic rings. The minimum Gasteiger partial charge on any atom is -0.480 e. The molecular formula is C47H54N6O9. The molecule has 3 aromatic heterocycles. The van der Waals surface area contributed by atoms with Crippen LogP contribution >= 0.6 is 0 Å². The van der Waals surface area contributed by atoms with Gasteiger partial charge in [0.1, 0.15) is 12.0 Å². The predicted molar refractivity (Wildman–Crippen MR) is 236 cm³/mol. The summed E-state index contributed by atoms with van der Waals surface area (Å²) in [6.07, 6.45) is 7.63. The number of nitrogens with two attached hydrogens (primary N) is 1. The number of ether oxygens (including phenoxy) is 3. The molecule has 6 rings (SSSR count). The zero-order valence-electron chi connectivity index (χ0n) is 36.2. The molecule has 0 radical (unpaired) electrons. The standard InChI is InChI=1S/C47H54N6O9/c1-9-27-24(2)34-21-39-31-16-13-30(45(58)61-7)43(46(59)62-8)47(31,5)40(53-39)23-35-26(4)29(15-18-42(55)60-6)38(52-35)22-37-28(25(3)33(51-37)20-36(27)50-34)14-17-41(54)49-19-11-10-12-32(48)44(56)57/h9,13,16,20-23,32,43,50,52H,1,10-12,14-15,17-19,48H2,2-8H3,(H,49,54)(H,56,57)/t32?,43-,47+/m0/s1. The minimum absolute atomic E-state index is 0.103. The van der Waals surface area contributed by atoms with Gasteiger partial charge in [-0.15, -0.1) is 0 Å². The number of allylic oxidation sites excluding steroid dienone is 5. The zero-order chi connectivity index (χ0) is 45.0. The number of carboxylic acids is 1. The molecule has 3 aliphatic rings. The van der Waals surface area contributed by atoms with E-state index in [9.17, 15) is 24.0 Å². The Balaban J connectivity index is 1.57. The van der Waals surface area contributed by atoms with Crippen molar-refractivity contribution in [1.29, 1.82) is 0 Å². The molecule has 0 saturated heterocycles. The molecule has 326 valence electrons. The van der Waals surface area contributed by atoms with Gasteiger partial charge in [-0.1, -0.05) is 24.8 Å². The van der Waals surface area contributed by atoms with Crippen LogP contribution in [0.25, 0.3) is 44.9 Å². The first-order valence-corrected chi connectivity index (χ1v) is 20.6.